The minimum absolute atomic E-state index is 0.240. The van der Waals surface area contributed by atoms with Gasteiger partial charge in [-0.05, 0) is 12.5 Å². The SMILES string of the molecule is CCC(F)C(F)(F)c1cc(F)c(F)c(F)c1F. The predicted octanol–water partition coefficient (Wildman–Crippen LogP) is 4.08. The summed E-state index contributed by atoms with van der Waals surface area (Å²) >= 11 is 0. The lowest BCUT2D eigenvalue weighted by molar-refractivity contribution is -0.0831. The van der Waals surface area contributed by atoms with Gasteiger partial charge in [-0.1, -0.05) is 6.92 Å². The summed E-state index contributed by atoms with van der Waals surface area (Å²) in [5, 5.41) is 0. The maximum atomic E-state index is 13.2. The highest BCUT2D eigenvalue weighted by Gasteiger charge is 2.44. The maximum absolute atomic E-state index is 13.2. The molecular formula is C10H7F7. The average Bonchev–Trinajstić information content (AvgIpc) is 2.29. The number of hydrogen-bond acceptors (Lipinski definition) is 0. The molecule has 0 amide bonds. The van der Waals surface area contributed by atoms with E-state index in [0.29, 0.717) is 0 Å². The monoisotopic (exact) mass is 260 g/mol. The van der Waals surface area contributed by atoms with Crippen LogP contribution in [0.4, 0.5) is 30.7 Å². The van der Waals surface area contributed by atoms with Crippen LogP contribution in [-0.2, 0) is 5.92 Å². The predicted molar refractivity (Wildman–Crippen MR) is 45.4 cm³/mol. The van der Waals surface area contributed by atoms with Crippen molar-refractivity contribution in [3.63, 3.8) is 0 Å². The van der Waals surface area contributed by atoms with Gasteiger partial charge in [0.1, 0.15) is 0 Å². The Morgan fingerprint density at radius 2 is 1.59 bits per heavy atom. The molecule has 17 heavy (non-hydrogen) atoms. The second kappa shape index (κ2) is 4.54. The Labute approximate surface area is 92.0 Å². The molecule has 0 N–H and O–H groups in total. The second-order valence-electron chi connectivity index (χ2n) is 3.35. The van der Waals surface area contributed by atoms with E-state index in [-0.39, 0.29) is 6.07 Å². The number of halogens is 7. The van der Waals surface area contributed by atoms with Crippen molar-refractivity contribution in [2.24, 2.45) is 0 Å². The van der Waals surface area contributed by atoms with Crippen LogP contribution in [0.5, 0.6) is 0 Å². The lowest BCUT2D eigenvalue weighted by atomic mass is 10.0. The van der Waals surface area contributed by atoms with Crippen LogP contribution in [-0.4, -0.2) is 6.17 Å². The van der Waals surface area contributed by atoms with Gasteiger partial charge in [0.15, 0.2) is 29.4 Å². The van der Waals surface area contributed by atoms with Crippen molar-refractivity contribution in [1.82, 2.24) is 0 Å². The van der Waals surface area contributed by atoms with Crippen LogP contribution in [0.2, 0.25) is 0 Å². The first-order valence-electron chi connectivity index (χ1n) is 4.58. The third-order valence-corrected chi connectivity index (χ3v) is 2.21. The zero-order chi connectivity index (χ0) is 13.4. The molecule has 0 aromatic heterocycles. The highest BCUT2D eigenvalue weighted by molar-refractivity contribution is 5.26. The fourth-order valence-corrected chi connectivity index (χ4v) is 1.24. The molecule has 1 aromatic rings. The molecule has 0 saturated heterocycles. The van der Waals surface area contributed by atoms with Gasteiger partial charge in [-0.25, -0.2) is 22.0 Å². The molecule has 0 radical (unpaired) electrons. The summed E-state index contributed by atoms with van der Waals surface area (Å²) < 4.78 is 90.3. The summed E-state index contributed by atoms with van der Waals surface area (Å²) in [5.74, 6) is -13.3. The van der Waals surface area contributed by atoms with E-state index in [1.165, 1.54) is 0 Å². The topological polar surface area (TPSA) is 0 Å². The van der Waals surface area contributed by atoms with Gasteiger partial charge in [0.25, 0.3) is 0 Å². The first-order chi connectivity index (χ1) is 7.73. The lowest BCUT2D eigenvalue weighted by Crippen LogP contribution is -2.29. The van der Waals surface area contributed by atoms with Gasteiger partial charge >= 0.3 is 5.92 Å². The molecule has 0 aliphatic heterocycles. The van der Waals surface area contributed by atoms with Crippen LogP contribution < -0.4 is 0 Å². The Morgan fingerprint density at radius 1 is 1.06 bits per heavy atom. The average molecular weight is 260 g/mol. The third-order valence-electron chi connectivity index (χ3n) is 2.21. The normalized spacial score (nSPS) is 13.9. The van der Waals surface area contributed by atoms with Crippen LogP contribution in [0.3, 0.4) is 0 Å². The summed E-state index contributed by atoms with van der Waals surface area (Å²) in [4.78, 5) is 0. The summed E-state index contributed by atoms with van der Waals surface area (Å²) in [6, 6.07) is -0.240. The van der Waals surface area contributed by atoms with Crippen LogP contribution in [0, 0.1) is 23.3 Å². The molecule has 7 heteroatoms. The fourth-order valence-electron chi connectivity index (χ4n) is 1.24. The van der Waals surface area contributed by atoms with E-state index in [1.54, 1.807) is 0 Å². The van der Waals surface area contributed by atoms with Crippen molar-refractivity contribution in [2.75, 3.05) is 0 Å². The molecule has 1 rings (SSSR count). The van der Waals surface area contributed by atoms with E-state index in [0.717, 1.165) is 6.92 Å². The van der Waals surface area contributed by atoms with Crippen molar-refractivity contribution in [3.8, 4) is 0 Å². The Hall–Kier alpha value is -1.27. The quantitative estimate of drug-likeness (QED) is 0.436. The number of rotatable bonds is 3. The Balaban J connectivity index is 3.42. The van der Waals surface area contributed by atoms with Gasteiger partial charge in [-0.3, -0.25) is 0 Å². The van der Waals surface area contributed by atoms with Gasteiger partial charge < -0.3 is 0 Å². The van der Waals surface area contributed by atoms with Crippen LogP contribution >= 0.6 is 0 Å². The van der Waals surface area contributed by atoms with Crippen molar-refractivity contribution in [2.45, 2.75) is 25.4 Å². The molecule has 0 heterocycles. The smallest absolute Gasteiger partial charge is 0.240 e. The van der Waals surface area contributed by atoms with Gasteiger partial charge in [-0.15, -0.1) is 0 Å². The lowest BCUT2D eigenvalue weighted by Gasteiger charge is -2.20. The van der Waals surface area contributed by atoms with Gasteiger partial charge in [0.05, 0.1) is 5.56 Å². The molecule has 0 saturated carbocycles. The van der Waals surface area contributed by atoms with Gasteiger partial charge in [-0.2, -0.15) is 8.78 Å². The summed E-state index contributed by atoms with van der Waals surface area (Å²) in [6.45, 7) is 1.05. The molecule has 96 valence electrons. The molecular weight excluding hydrogens is 253 g/mol. The standard InChI is InChI=1S/C10H7F7/c1-2-6(12)10(16,17)4-3-5(11)8(14)9(15)7(4)13/h3,6H,2H2,1H3. The zero-order valence-corrected chi connectivity index (χ0v) is 8.51. The number of alkyl halides is 3. The van der Waals surface area contributed by atoms with E-state index in [9.17, 15) is 30.7 Å². The van der Waals surface area contributed by atoms with Crippen LogP contribution in [0.15, 0.2) is 6.07 Å². The fraction of sp³-hybridized carbons (Fsp3) is 0.400. The summed E-state index contributed by atoms with van der Waals surface area (Å²) in [7, 11) is 0. The third kappa shape index (κ3) is 2.23. The van der Waals surface area contributed by atoms with E-state index < -0.39 is 47.3 Å². The largest absolute Gasteiger partial charge is 0.306 e. The minimum Gasteiger partial charge on any atom is -0.240 e. The van der Waals surface area contributed by atoms with Crippen molar-refractivity contribution in [3.05, 3.63) is 34.9 Å². The maximum Gasteiger partial charge on any atom is 0.306 e. The molecule has 0 aliphatic rings. The molecule has 1 aromatic carbocycles. The zero-order valence-electron chi connectivity index (χ0n) is 8.51. The molecule has 1 atom stereocenters. The van der Waals surface area contributed by atoms with Gasteiger partial charge in [0, 0.05) is 0 Å². The first kappa shape index (κ1) is 13.8. The van der Waals surface area contributed by atoms with Gasteiger partial charge in [0.2, 0.25) is 0 Å². The minimum atomic E-state index is -4.42. The Bertz CT molecular complexity index is 427. The van der Waals surface area contributed by atoms with Crippen molar-refractivity contribution in [1.29, 1.82) is 0 Å². The second-order valence-corrected chi connectivity index (χ2v) is 3.35. The molecule has 1 unspecified atom stereocenters. The molecule has 0 aliphatic carbocycles. The van der Waals surface area contributed by atoms with Crippen molar-refractivity contribution < 1.29 is 30.7 Å². The summed E-state index contributed by atoms with van der Waals surface area (Å²) in [5.41, 5.74) is -1.83. The van der Waals surface area contributed by atoms with Crippen LogP contribution in [0.25, 0.3) is 0 Å². The summed E-state index contributed by atoms with van der Waals surface area (Å²) in [6.07, 6.45) is -3.51. The molecule has 0 spiro atoms. The highest BCUT2D eigenvalue weighted by Crippen LogP contribution is 2.38. The molecule has 0 nitrogen and oxygen atoms in total. The van der Waals surface area contributed by atoms with E-state index >= 15 is 0 Å². The van der Waals surface area contributed by atoms with Crippen molar-refractivity contribution >= 4 is 0 Å². The Morgan fingerprint density at radius 3 is 2.06 bits per heavy atom. The van der Waals surface area contributed by atoms with Crippen LogP contribution in [0.1, 0.15) is 18.9 Å². The number of benzene rings is 1. The molecule has 0 bridgehead atoms. The van der Waals surface area contributed by atoms with E-state index in [2.05, 4.69) is 0 Å². The molecule has 0 fully saturated rings. The number of hydrogen-bond donors (Lipinski definition) is 0. The Kier molecular flexibility index (Phi) is 3.68. The first-order valence-corrected chi connectivity index (χ1v) is 4.58. The van der Waals surface area contributed by atoms with E-state index in [1.807, 2.05) is 0 Å². The highest BCUT2D eigenvalue weighted by atomic mass is 19.3. The van der Waals surface area contributed by atoms with E-state index in [4.69, 9.17) is 0 Å².